The second-order valence-electron chi connectivity index (χ2n) is 6.27. The number of anilines is 1. The van der Waals surface area contributed by atoms with E-state index in [2.05, 4.69) is 25.4 Å². The van der Waals surface area contributed by atoms with Crippen molar-refractivity contribution in [1.82, 2.24) is 24.7 Å². The fraction of sp³-hybridized carbons (Fsp3) is 0.278. The number of carbonyl (C=O) groups is 1. The number of hydrogen-bond donors (Lipinski definition) is 1. The lowest BCUT2D eigenvalue weighted by Crippen LogP contribution is -2.15. The minimum absolute atomic E-state index is 0.205. The van der Waals surface area contributed by atoms with Crippen LogP contribution in [0, 0.1) is 6.92 Å². The molecule has 2 heterocycles. The van der Waals surface area contributed by atoms with E-state index in [0.717, 1.165) is 24.2 Å². The Kier molecular flexibility index (Phi) is 3.76. The maximum absolute atomic E-state index is 12.5. The highest BCUT2D eigenvalue weighted by molar-refractivity contribution is 6.04. The largest absolute Gasteiger partial charge is 0.322 e. The Morgan fingerprint density at radius 2 is 1.96 bits per heavy atom. The number of amides is 1. The Labute approximate surface area is 145 Å². The lowest BCUT2D eigenvalue weighted by atomic mass is 10.2. The summed E-state index contributed by atoms with van der Waals surface area (Å²) in [7, 11) is 1.82. The van der Waals surface area contributed by atoms with Gasteiger partial charge in [0.1, 0.15) is 12.2 Å². The minimum atomic E-state index is -0.205. The molecule has 0 aliphatic heterocycles. The average Bonchev–Trinajstić information content (AvgIpc) is 3.37. The van der Waals surface area contributed by atoms with Gasteiger partial charge in [-0.2, -0.15) is 5.10 Å². The third-order valence-electron chi connectivity index (χ3n) is 4.19. The highest BCUT2D eigenvalue weighted by Crippen LogP contribution is 2.37. The van der Waals surface area contributed by atoms with Gasteiger partial charge in [0.2, 0.25) is 0 Å². The molecule has 0 radical (unpaired) electrons. The highest BCUT2D eigenvalue weighted by Gasteiger charge is 2.27. The first-order valence-corrected chi connectivity index (χ1v) is 8.21. The molecule has 1 fully saturated rings. The van der Waals surface area contributed by atoms with Gasteiger partial charge in [0.05, 0.1) is 11.3 Å². The van der Waals surface area contributed by atoms with Crippen LogP contribution in [0.4, 0.5) is 5.69 Å². The van der Waals surface area contributed by atoms with Gasteiger partial charge in [0.15, 0.2) is 5.82 Å². The molecular weight excluding hydrogens is 316 g/mol. The monoisotopic (exact) mass is 334 g/mol. The maximum atomic E-state index is 12.5. The van der Waals surface area contributed by atoms with Crippen molar-refractivity contribution in [1.29, 1.82) is 0 Å². The summed E-state index contributed by atoms with van der Waals surface area (Å²) in [6.07, 6.45) is 5.56. The summed E-state index contributed by atoms with van der Waals surface area (Å²) in [6.45, 7) is 1.85. The molecule has 7 heteroatoms. The molecule has 1 saturated carbocycles. The molecule has 1 aliphatic carbocycles. The predicted molar refractivity (Wildman–Crippen MR) is 93.1 cm³/mol. The molecule has 4 rings (SSSR count). The quantitative estimate of drug-likeness (QED) is 0.793. The molecule has 25 heavy (non-hydrogen) atoms. The lowest BCUT2D eigenvalue weighted by molar-refractivity contribution is 0.102. The molecule has 2 aromatic heterocycles. The Hall–Kier alpha value is -3.09. The van der Waals surface area contributed by atoms with Crippen LogP contribution in [-0.2, 0) is 7.05 Å². The van der Waals surface area contributed by atoms with Gasteiger partial charge in [0, 0.05) is 30.4 Å². The molecule has 0 spiro atoms. The van der Waals surface area contributed by atoms with E-state index in [0.29, 0.717) is 28.7 Å². The summed E-state index contributed by atoms with van der Waals surface area (Å²) < 4.78 is 1.65. The standard InChI is InChI=1S/C18H18N6O/c1-11-15(9-19-16(21-11)12-3-4-12)18(25)22-14-7-5-13(6-8-14)17-20-10-24(2)23-17/h5-10,12H,3-4H2,1-2H3,(H,22,25). The van der Waals surface area contributed by atoms with Crippen molar-refractivity contribution in [2.45, 2.75) is 25.7 Å². The fourth-order valence-electron chi connectivity index (χ4n) is 2.62. The van der Waals surface area contributed by atoms with Crippen LogP contribution in [-0.4, -0.2) is 30.6 Å². The van der Waals surface area contributed by atoms with Crippen LogP contribution in [0.2, 0.25) is 0 Å². The van der Waals surface area contributed by atoms with Crippen molar-refractivity contribution in [2.24, 2.45) is 7.05 Å². The number of nitrogens with zero attached hydrogens (tertiary/aromatic N) is 5. The second kappa shape index (κ2) is 6.08. The number of hydrogen-bond acceptors (Lipinski definition) is 5. The van der Waals surface area contributed by atoms with Gasteiger partial charge in [-0.15, -0.1) is 0 Å². The van der Waals surface area contributed by atoms with Crippen LogP contribution < -0.4 is 5.32 Å². The van der Waals surface area contributed by atoms with Crippen LogP contribution in [0.3, 0.4) is 0 Å². The van der Waals surface area contributed by atoms with E-state index < -0.39 is 0 Å². The van der Waals surface area contributed by atoms with Gasteiger partial charge in [-0.25, -0.2) is 15.0 Å². The summed E-state index contributed by atoms with van der Waals surface area (Å²) in [5, 5.41) is 7.14. The van der Waals surface area contributed by atoms with E-state index in [1.165, 1.54) is 0 Å². The first kappa shape index (κ1) is 15.4. The highest BCUT2D eigenvalue weighted by atomic mass is 16.1. The van der Waals surface area contributed by atoms with Crippen LogP contribution >= 0.6 is 0 Å². The zero-order valence-electron chi connectivity index (χ0n) is 14.1. The zero-order chi connectivity index (χ0) is 17.4. The van der Waals surface area contributed by atoms with Crippen LogP contribution in [0.15, 0.2) is 36.8 Å². The molecule has 0 unspecified atom stereocenters. The first-order valence-electron chi connectivity index (χ1n) is 8.21. The van der Waals surface area contributed by atoms with Gasteiger partial charge >= 0.3 is 0 Å². The van der Waals surface area contributed by atoms with Crippen LogP contribution in [0.25, 0.3) is 11.4 Å². The summed E-state index contributed by atoms with van der Waals surface area (Å²) in [5.41, 5.74) is 2.81. The average molecular weight is 334 g/mol. The molecule has 1 amide bonds. The molecule has 1 aliphatic rings. The fourth-order valence-corrected chi connectivity index (χ4v) is 2.62. The van der Waals surface area contributed by atoms with Crippen molar-refractivity contribution in [3.8, 4) is 11.4 Å². The van der Waals surface area contributed by atoms with E-state index in [1.54, 1.807) is 17.2 Å². The van der Waals surface area contributed by atoms with Gasteiger partial charge < -0.3 is 5.32 Å². The molecule has 0 atom stereocenters. The number of nitrogens with one attached hydrogen (secondary N) is 1. The number of aryl methyl sites for hydroxylation is 2. The third-order valence-corrected chi connectivity index (χ3v) is 4.19. The van der Waals surface area contributed by atoms with Gasteiger partial charge in [-0.05, 0) is 44.0 Å². The topological polar surface area (TPSA) is 85.6 Å². The summed E-state index contributed by atoms with van der Waals surface area (Å²) in [6, 6.07) is 7.42. The Bertz CT molecular complexity index is 927. The zero-order valence-corrected chi connectivity index (χ0v) is 14.1. The first-order chi connectivity index (χ1) is 12.1. The summed E-state index contributed by atoms with van der Waals surface area (Å²) in [4.78, 5) is 25.5. The molecule has 0 saturated heterocycles. The smallest absolute Gasteiger partial charge is 0.259 e. The van der Waals surface area contributed by atoms with Crippen molar-refractivity contribution >= 4 is 11.6 Å². The summed E-state index contributed by atoms with van der Waals surface area (Å²) >= 11 is 0. The Morgan fingerprint density at radius 3 is 2.56 bits per heavy atom. The second-order valence-corrected chi connectivity index (χ2v) is 6.27. The molecule has 1 aromatic carbocycles. The molecule has 126 valence electrons. The molecule has 7 nitrogen and oxygen atoms in total. The van der Waals surface area contributed by atoms with E-state index in [-0.39, 0.29) is 5.91 Å². The number of rotatable bonds is 4. The van der Waals surface area contributed by atoms with Gasteiger partial charge in [-0.3, -0.25) is 9.48 Å². The van der Waals surface area contributed by atoms with Gasteiger partial charge in [-0.1, -0.05) is 0 Å². The molecule has 1 N–H and O–H groups in total. The number of aromatic nitrogens is 5. The Balaban J connectivity index is 1.49. The van der Waals surface area contributed by atoms with Crippen molar-refractivity contribution in [3.05, 3.63) is 53.9 Å². The molecule has 3 aromatic rings. The predicted octanol–water partition coefficient (Wildman–Crippen LogP) is 2.71. The molecular formula is C18H18N6O. The van der Waals surface area contributed by atoms with Crippen LogP contribution in [0.1, 0.15) is 40.6 Å². The van der Waals surface area contributed by atoms with Crippen LogP contribution in [0.5, 0.6) is 0 Å². The van der Waals surface area contributed by atoms with Crippen molar-refractivity contribution < 1.29 is 4.79 Å². The number of benzene rings is 1. The maximum Gasteiger partial charge on any atom is 0.259 e. The molecule has 0 bridgehead atoms. The normalized spacial score (nSPS) is 13.7. The van der Waals surface area contributed by atoms with Crippen molar-refractivity contribution in [3.63, 3.8) is 0 Å². The third kappa shape index (κ3) is 3.26. The van der Waals surface area contributed by atoms with E-state index in [9.17, 15) is 4.79 Å². The van der Waals surface area contributed by atoms with E-state index in [4.69, 9.17) is 0 Å². The van der Waals surface area contributed by atoms with E-state index >= 15 is 0 Å². The van der Waals surface area contributed by atoms with E-state index in [1.807, 2.05) is 38.2 Å². The lowest BCUT2D eigenvalue weighted by Gasteiger charge is -2.08. The van der Waals surface area contributed by atoms with Gasteiger partial charge in [0.25, 0.3) is 5.91 Å². The number of carbonyl (C=O) groups excluding carboxylic acids is 1. The Morgan fingerprint density at radius 1 is 1.20 bits per heavy atom. The SMILES string of the molecule is Cc1nc(C2CC2)ncc1C(=O)Nc1ccc(-c2ncn(C)n2)cc1. The minimum Gasteiger partial charge on any atom is -0.322 e. The van der Waals surface area contributed by atoms with Crippen molar-refractivity contribution in [2.75, 3.05) is 5.32 Å². The summed E-state index contributed by atoms with van der Waals surface area (Å²) in [5.74, 6) is 1.77.